The van der Waals surface area contributed by atoms with Crippen LogP contribution in [0, 0.1) is 0 Å². The van der Waals surface area contributed by atoms with Gasteiger partial charge in [-0.2, -0.15) is 0 Å². The van der Waals surface area contributed by atoms with Crippen LogP contribution in [0.1, 0.15) is 36.8 Å². The first-order valence-electron chi connectivity index (χ1n) is 9.13. The molecule has 1 aliphatic heterocycles. The average Bonchev–Trinajstić information content (AvgIpc) is 3.15. The first-order chi connectivity index (χ1) is 12.3. The van der Waals surface area contributed by atoms with Crippen LogP contribution in [0.15, 0.2) is 42.6 Å². The molecule has 2 aromatic rings. The molecule has 0 saturated heterocycles. The highest BCUT2D eigenvalue weighted by Crippen LogP contribution is 2.23. The van der Waals surface area contributed by atoms with E-state index < -0.39 is 0 Å². The minimum atomic E-state index is 0.528. The Bertz CT molecular complexity index is 738. The van der Waals surface area contributed by atoms with Crippen molar-refractivity contribution in [1.82, 2.24) is 10.3 Å². The molecule has 4 nitrogen and oxygen atoms in total. The van der Waals surface area contributed by atoms with Gasteiger partial charge in [0, 0.05) is 19.1 Å². The molecule has 130 valence electrons. The van der Waals surface area contributed by atoms with E-state index >= 15 is 0 Å². The van der Waals surface area contributed by atoms with E-state index in [1.165, 1.54) is 36.8 Å². The maximum atomic E-state index is 5.41. The molecule has 0 unspecified atom stereocenters. The minimum absolute atomic E-state index is 0.528. The number of fused-ring (bicyclic) bond motifs is 1. The SMILES string of the molecule is S=C(Nc1ccc(N2CCc3ccccc3C2)nc1)NC1CCCC1. The van der Waals surface area contributed by atoms with Crippen molar-refractivity contribution in [3.63, 3.8) is 0 Å². The lowest BCUT2D eigenvalue weighted by molar-refractivity contribution is 0.634. The fourth-order valence-corrected chi connectivity index (χ4v) is 4.05. The molecule has 0 amide bonds. The molecule has 1 aromatic carbocycles. The minimum Gasteiger partial charge on any atom is -0.360 e. The highest BCUT2D eigenvalue weighted by Gasteiger charge is 2.17. The maximum absolute atomic E-state index is 5.41. The van der Waals surface area contributed by atoms with Crippen LogP contribution in [-0.2, 0) is 13.0 Å². The Morgan fingerprint density at radius 3 is 2.64 bits per heavy atom. The Morgan fingerprint density at radius 1 is 1.08 bits per heavy atom. The molecule has 0 atom stereocenters. The van der Waals surface area contributed by atoms with E-state index in [2.05, 4.69) is 56.9 Å². The Morgan fingerprint density at radius 2 is 1.88 bits per heavy atom. The van der Waals surface area contributed by atoms with Gasteiger partial charge in [-0.1, -0.05) is 37.1 Å². The van der Waals surface area contributed by atoms with Gasteiger partial charge in [-0.3, -0.25) is 0 Å². The zero-order valence-corrected chi connectivity index (χ0v) is 15.2. The number of benzene rings is 1. The van der Waals surface area contributed by atoms with Crippen molar-refractivity contribution >= 4 is 28.8 Å². The summed E-state index contributed by atoms with van der Waals surface area (Å²) in [5.41, 5.74) is 3.80. The number of rotatable bonds is 3. The molecule has 1 fully saturated rings. The molecule has 1 saturated carbocycles. The lowest BCUT2D eigenvalue weighted by atomic mass is 10.00. The summed E-state index contributed by atoms with van der Waals surface area (Å²) in [6.07, 6.45) is 7.99. The fourth-order valence-electron chi connectivity index (χ4n) is 3.76. The van der Waals surface area contributed by atoms with Crippen LogP contribution in [0.2, 0.25) is 0 Å². The van der Waals surface area contributed by atoms with Crippen molar-refractivity contribution in [2.45, 2.75) is 44.7 Å². The van der Waals surface area contributed by atoms with Gasteiger partial charge in [-0.25, -0.2) is 4.98 Å². The molecule has 1 aliphatic carbocycles. The van der Waals surface area contributed by atoms with E-state index in [0.717, 1.165) is 31.0 Å². The number of thiocarbonyl (C=S) groups is 1. The molecule has 0 spiro atoms. The zero-order chi connectivity index (χ0) is 17.1. The highest BCUT2D eigenvalue weighted by atomic mass is 32.1. The third-order valence-electron chi connectivity index (χ3n) is 5.15. The van der Waals surface area contributed by atoms with Crippen molar-refractivity contribution in [2.75, 3.05) is 16.8 Å². The number of nitrogens with zero attached hydrogens (tertiary/aromatic N) is 2. The van der Waals surface area contributed by atoms with Crippen molar-refractivity contribution in [2.24, 2.45) is 0 Å². The monoisotopic (exact) mass is 352 g/mol. The third-order valence-corrected chi connectivity index (χ3v) is 5.37. The van der Waals surface area contributed by atoms with Gasteiger partial charge in [0.25, 0.3) is 0 Å². The van der Waals surface area contributed by atoms with E-state index in [-0.39, 0.29) is 0 Å². The Labute approximate surface area is 154 Å². The predicted molar refractivity (Wildman–Crippen MR) is 107 cm³/mol. The van der Waals surface area contributed by atoms with Gasteiger partial charge >= 0.3 is 0 Å². The predicted octanol–water partition coefficient (Wildman–Crippen LogP) is 3.87. The van der Waals surface area contributed by atoms with Gasteiger partial charge in [-0.15, -0.1) is 0 Å². The summed E-state index contributed by atoms with van der Waals surface area (Å²) in [5, 5.41) is 7.35. The topological polar surface area (TPSA) is 40.2 Å². The quantitative estimate of drug-likeness (QED) is 0.821. The smallest absolute Gasteiger partial charge is 0.171 e. The maximum Gasteiger partial charge on any atom is 0.171 e. The Kier molecular flexibility index (Phi) is 4.83. The molecule has 2 heterocycles. The fraction of sp³-hybridized carbons (Fsp3) is 0.400. The van der Waals surface area contributed by atoms with Crippen molar-refractivity contribution < 1.29 is 0 Å². The average molecular weight is 353 g/mol. The van der Waals surface area contributed by atoms with Crippen molar-refractivity contribution in [3.05, 3.63) is 53.7 Å². The second-order valence-electron chi connectivity index (χ2n) is 6.93. The second kappa shape index (κ2) is 7.40. The summed E-state index contributed by atoms with van der Waals surface area (Å²) in [5.74, 6) is 1.02. The number of hydrogen-bond acceptors (Lipinski definition) is 3. The first-order valence-corrected chi connectivity index (χ1v) is 9.54. The van der Waals surface area contributed by atoms with Gasteiger partial charge in [0.15, 0.2) is 5.11 Å². The van der Waals surface area contributed by atoms with Crippen molar-refractivity contribution in [3.8, 4) is 0 Å². The summed E-state index contributed by atoms with van der Waals surface area (Å²) in [7, 11) is 0. The van der Waals surface area contributed by atoms with E-state index in [1.807, 2.05) is 6.20 Å². The number of nitrogens with one attached hydrogen (secondary N) is 2. The zero-order valence-electron chi connectivity index (χ0n) is 14.4. The van der Waals surface area contributed by atoms with Crippen LogP contribution >= 0.6 is 12.2 Å². The molecule has 0 radical (unpaired) electrons. The van der Waals surface area contributed by atoms with Gasteiger partial charge < -0.3 is 15.5 Å². The van der Waals surface area contributed by atoms with Crippen molar-refractivity contribution in [1.29, 1.82) is 0 Å². The molecular weight excluding hydrogens is 328 g/mol. The molecule has 5 heteroatoms. The van der Waals surface area contributed by atoms with Gasteiger partial charge in [0.2, 0.25) is 0 Å². The van der Waals surface area contributed by atoms with Crippen LogP contribution in [-0.4, -0.2) is 22.7 Å². The number of pyridine rings is 1. The van der Waals surface area contributed by atoms with E-state index in [9.17, 15) is 0 Å². The normalized spacial score (nSPS) is 17.2. The highest BCUT2D eigenvalue weighted by molar-refractivity contribution is 7.80. The molecule has 2 N–H and O–H groups in total. The summed E-state index contributed by atoms with van der Waals surface area (Å²) in [6.45, 7) is 1.94. The Balaban J connectivity index is 1.36. The lowest BCUT2D eigenvalue weighted by Crippen LogP contribution is -2.36. The molecule has 1 aromatic heterocycles. The Hall–Kier alpha value is -2.14. The standard InChI is InChI=1S/C20H24N4S/c25-20(22-17-7-3-4-8-17)23-18-9-10-19(21-13-18)24-12-11-15-5-1-2-6-16(15)14-24/h1-2,5-6,9-10,13,17H,3-4,7-8,11-12,14H2,(H2,22,23,25). The number of anilines is 2. The van der Waals surface area contributed by atoms with Crippen LogP contribution < -0.4 is 15.5 Å². The summed E-state index contributed by atoms with van der Waals surface area (Å²) in [4.78, 5) is 6.97. The van der Waals surface area contributed by atoms with E-state index in [1.54, 1.807) is 0 Å². The molecule has 2 aliphatic rings. The van der Waals surface area contributed by atoms with Crippen LogP contribution in [0.25, 0.3) is 0 Å². The lowest BCUT2D eigenvalue weighted by Gasteiger charge is -2.29. The van der Waals surface area contributed by atoms with Crippen LogP contribution in [0.4, 0.5) is 11.5 Å². The van der Waals surface area contributed by atoms with E-state index in [0.29, 0.717) is 11.2 Å². The molecule has 25 heavy (non-hydrogen) atoms. The van der Waals surface area contributed by atoms with Crippen LogP contribution in [0.3, 0.4) is 0 Å². The van der Waals surface area contributed by atoms with Gasteiger partial charge in [-0.05, 0) is 54.7 Å². The second-order valence-corrected chi connectivity index (χ2v) is 7.33. The molecular formula is C20H24N4S. The summed E-state index contributed by atoms with van der Waals surface area (Å²) < 4.78 is 0. The van der Waals surface area contributed by atoms with E-state index in [4.69, 9.17) is 12.2 Å². The van der Waals surface area contributed by atoms with Crippen LogP contribution in [0.5, 0.6) is 0 Å². The number of aromatic nitrogens is 1. The van der Waals surface area contributed by atoms with Gasteiger partial charge in [0.05, 0.1) is 11.9 Å². The largest absolute Gasteiger partial charge is 0.360 e. The van der Waals surface area contributed by atoms with Gasteiger partial charge in [0.1, 0.15) is 5.82 Å². The summed E-state index contributed by atoms with van der Waals surface area (Å²) >= 11 is 5.41. The first kappa shape index (κ1) is 16.3. The third kappa shape index (κ3) is 3.93. The molecule has 0 bridgehead atoms. The summed E-state index contributed by atoms with van der Waals surface area (Å²) in [6, 6.07) is 13.3. The molecule has 4 rings (SSSR count). The number of hydrogen-bond donors (Lipinski definition) is 2.